The first-order chi connectivity index (χ1) is 13.7. The molecule has 1 atom stereocenters. The lowest BCUT2D eigenvalue weighted by molar-refractivity contribution is 0.0526. The van der Waals surface area contributed by atoms with Crippen molar-refractivity contribution in [2.75, 3.05) is 17.3 Å². The SMILES string of the molecule is CCOC(=O)c1ccc(N2C(=P)CSC2c2c(O)c(O)c(F)c(O)c2O)c(C)c1. The number of esters is 1. The molecule has 0 saturated carbocycles. The van der Waals surface area contributed by atoms with Gasteiger partial charge in [-0.1, -0.05) is 8.86 Å². The molecule has 0 aromatic heterocycles. The van der Waals surface area contributed by atoms with E-state index in [1.165, 1.54) is 11.8 Å². The van der Waals surface area contributed by atoms with Crippen LogP contribution in [0, 0.1) is 12.7 Å². The summed E-state index contributed by atoms with van der Waals surface area (Å²) < 4.78 is 18.8. The number of ether oxygens (including phenoxy) is 1. The third kappa shape index (κ3) is 3.56. The highest BCUT2D eigenvalue weighted by molar-refractivity contribution is 8.01. The highest BCUT2D eigenvalue weighted by atomic mass is 32.2. The predicted molar refractivity (Wildman–Crippen MR) is 111 cm³/mol. The van der Waals surface area contributed by atoms with Gasteiger partial charge in [0.2, 0.25) is 5.82 Å². The van der Waals surface area contributed by atoms with Gasteiger partial charge >= 0.3 is 5.97 Å². The number of halogens is 1. The molecule has 0 aliphatic carbocycles. The number of carbonyl (C=O) groups is 1. The lowest BCUT2D eigenvalue weighted by Crippen LogP contribution is -2.27. The Morgan fingerprint density at radius 1 is 1.24 bits per heavy atom. The number of phenols is 4. The van der Waals surface area contributed by atoms with E-state index >= 15 is 0 Å². The molecule has 0 bridgehead atoms. The number of rotatable bonds is 4. The fourth-order valence-corrected chi connectivity index (χ4v) is 4.94. The van der Waals surface area contributed by atoms with E-state index in [1.54, 1.807) is 36.9 Å². The Kier molecular flexibility index (Phi) is 5.82. The van der Waals surface area contributed by atoms with Crippen molar-refractivity contribution in [2.45, 2.75) is 19.2 Å². The van der Waals surface area contributed by atoms with E-state index in [9.17, 15) is 29.6 Å². The van der Waals surface area contributed by atoms with Gasteiger partial charge in [0.25, 0.3) is 0 Å². The minimum absolute atomic E-state index is 0.228. The smallest absolute Gasteiger partial charge is 0.338 e. The van der Waals surface area contributed by atoms with Gasteiger partial charge in [0.15, 0.2) is 23.0 Å². The Labute approximate surface area is 172 Å². The minimum Gasteiger partial charge on any atom is -0.504 e. The summed E-state index contributed by atoms with van der Waals surface area (Å²) in [5.74, 6) is -5.53. The van der Waals surface area contributed by atoms with Crippen molar-refractivity contribution in [3.63, 3.8) is 0 Å². The number of hydrogen-bond acceptors (Lipinski definition) is 7. The Balaban J connectivity index is 2.09. The van der Waals surface area contributed by atoms with E-state index in [2.05, 4.69) is 8.86 Å². The van der Waals surface area contributed by atoms with E-state index in [-0.39, 0.29) is 12.2 Å². The molecule has 0 radical (unpaired) electrons. The second kappa shape index (κ2) is 8.00. The van der Waals surface area contributed by atoms with Crippen LogP contribution < -0.4 is 4.90 Å². The lowest BCUT2D eigenvalue weighted by atomic mass is 10.1. The molecular formula is C19H19FNO6PS. The minimum atomic E-state index is -1.50. The number of carbonyl (C=O) groups excluding carboxylic acids is 1. The van der Waals surface area contributed by atoms with Gasteiger partial charge in [0.05, 0.1) is 17.7 Å². The summed E-state index contributed by atoms with van der Waals surface area (Å²) in [5, 5.41) is 39.3. The van der Waals surface area contributed by atoms with Crippen LogP contribution in [0.25, 0.3) is 0 Å². The van der Waals surface area contributed by atoms with E-state index in [0.29, 0.717) is 28.0 Å². The number of hydrogen-bond donors (Lipinski definition) is 4. The van der Waals surface area contributed by atoms with Gasteiger partial charge in [-0.3, -0.25) is 0 Å². The first-order valence-corrected chi connectivity index (χ1v) is 10.1. The molecule has 1 aliphatic rings. The topological polar surface area (TPSA) is 110 Å². The molecule has 29 heavy (non-hydrogen) atoms. The quantitative estimate of drug-likeness (QED) is 0.247. The average molecular weight is 439 g/mol. The van der Waals surface area contributed by atoms with Gasteiger partial charge in [0, 0.05) is 16.9 Å². The van der Waals surface area contributed by atoms with Gasteiger partial charge in [-0.2, -0.15) is 4.39 Å². The molecule has 2 aromatic carbocycles. The summed E-state index contributed by atoms with van der Waals surface area (Å²) in [6.45, 7) is 3.74. The highest BCUT2D eigenvalue weighted by Gasteiger charge is 2.38. The average Bonchev–Trinajstić information content (AvgIpc) is 3.06. The molecule has 1 fully saturated rings. The van der Waals surface area contributed by atoms with Crippen molar-refractivity contribution < 1.29 is 34.3 Å². The van der Waals surface area contributed by atoms with E-state index in [1.807, 2.05) is 0 Å². The standard InChI is InChI=1S/C19H19FNO6PS/c1-3-27-19(26)9-4-5-10(8(2)6-9)21-11(28)7-29-18(21)12-14(22)16(24)13(20)17(25)15(12)23/h4-6,18,22-25,28H,3,7H2,1-2H3. The van der Waals surface area contributed by atoms with E-state index < -0.39 is 40.2 Å². The van der Waals surface area contributed by atoms with Gasteiger partial charge in [0.1, 0.15) is 5.37 Å². The summed E-state index contributed by atoms with van der Waals surface area (Å²) in [6.07, 6.45) is 0. The summed E-state index contributed by atoms with van der Waals surface area (Å²) in [5.41, 5.74) is 2.16. The van der Waals surface area contributed by atoms with E-state index in [0.717, 1.165) is 0 Å². The maximum atomic E-state index is 13.8. The molecule has 1 heterocycles. The Morgan fingerprint density at radius 3 is 2.41 bits per heavy atom. The maximum absolute atomic E-state index is 13.8. The Bertz CT molecular complexity index is 986. The summed E-state index contributed by atoms with van der Waals surface area (Å²) in [6, 6.07) is 4.91. The van der Waals surface area contributed by atoms with E-state index in [4.69, 9.17) is 4.74 Å². The number of aromatic hydroxyl groups is 4. The predicted octanol–water partition coefficient (Wildman–Crippen LogP) is 3.66. The molecule has 1 aliphatic heterocycles. The molecular weight excluding hydrogens is 420 g/mol. The zero-order chi connectivity index (χ0) is 21.5. The highest BCUT2D eigenvalue weighted by Crippen LogP contribution is 2.54. The molecule has 4 N–H and O–H groups in total. The van der Waals surface area contributed by atoms with Gasteiger partial charge in [-0.15, -0.1) is 11.8 Å². The van der Waals surface area contributed by atoms with Crippen LogP contribution >= 0.6 is 20.6 Å². The van der Waals surface area contributed by atoms with Gasteiger partial charge < -0.3 is 30.1 Å². The normalized spacial score (nSPS) is 16.3. The van der Waals surface area contributed by atoms with Crippen LogP contribution in [0.1, 0.15) is 33.8 Å². The van der Waals surface area contributed by atoms with Crippen molar-refractivity contribution in [3.8, 4) is 23.0 Å². The molecule has 2 aromatic rings. The molecule has 1 unspecified atom stereocenters. The van der Waals surface area contributed by atoms with Crippen molar-refractivity contribution in [2.24, 2.45) is 0 Å². The Morgan fingerprint density at radius 2 is 1.86 bits per heavy atom. The van der Waals surface area contributed by atoms with Crippen LogP contribution in [0.15, 0.2) is 18.2 Å². The van der Waals surface area contributed by atoms with Crippen molar-refractivity contribution in [1.29, 1.82) is 0 Å². The second-order valence-corrected chi connectivity index (χ2v) is 7.97. The molecule has 0 amide bonds. The van der Waals surface area contributed by atoms with Crippen LogP contribution in [-0.4, -0.2) is 44.2 Å². The van der Waals surface area contributed by atoms with Crippen LogP contribution in [0.4, 0.5) is 10.1 Å². The first-order valence-electron chi connectivity index (χ1n) is 8.60. The number of thioether (sulfide) groups is 1. The maximum Gasteiger partial charge on any atom is 0.338 e. The summed E-state index contributed by atoms with van der Waals surface area (Å²) >= 11 is 1.27. The van der Waals surface area contributed by atoms with Gasteiger partial charge in [-0.25, -0.2) is 4.79 Å². The monoisotopic (exact) mass is 439 g/mol. The zero-order valence-electron chi connectivity index (χ0n) is 15.6. The third-order valence-corrected chi connectivity index (χ3v) is 6.37. The summed E-state index contributed by atoms with van der Waals surface area (Å²) in [4.78, 5) is 13.7. The Hall–Kier alpha value is -2.64. The van der Waals surface area contributed by atoms with Crippen molar-refractivity contribution in [1.82, 2.24) is 0 Å². The zero-order valence-corrected chi connectivity index (χ0v) is 17.4. The van der Waals surface area contributed by atoms with Crippen LogP contribution in [0.5, 0.6) is 23.0 Å². The first kappa shape index (κ1) is 21.1. The lowest BCUT2D eigenvalue weighted by Gasteiger charge is -2.29. The molecule has 154 valence electrons. The molecule has 0 spiro atoms. The number of benzene rings is 2. The molecule has 7 nitrogen and oxygen atoms in total. The number of anilines is 1. The summed E-state index contributed by atoms with van der Waals surface area (Å²) in [7, 11) is 3.51. The fraction of sp³-hybridized carbons (Fsp3) is 0.263. The molecule has 10 heteroatoms. The number of phenolic OH excluding ortho intramolecular Hbond substituents is 4. The fourth-order valence-electron chi connectivity index (χ4n) is 3.12. The number of aryl methyl sites for hydroxylation is 1. The van der Waals surface area contributed by atoms with Gasteiger partial charge in [-0.05, 0) is 37.6 Å². The van der Waals surface area contributed by atoms with Crippen LogP contribution in [0.3, 0.4) is 0 Å². The second-order valence-electron chi connectivity index (χ2n) is 6.32. The molecule has 1 saturated heterocycles. The van der Waals surface area contributed by atoms with Crippen molar-refractivity contribution >= 4 is 37.7 Å². The number of nitrogens with zero attached hydrogens (tertiary/aromatic N) is 1. The van der Waals surface area contributed by atoms with Crippen molar-refractivity contribution in [3.05, 3.63) is 40.7 Å². The largest absolute Gasteiger partial charge is 0.504 e. The van der Waals surface area contributed by atoms with Crippen LogP contribution in [-0.2, 0) is 4.74 Å². The molecule has 3 rings (SSSR count). The third-order valence-electron chi connectivity index (χ3n) is 4.49. The van der Waals surface area contributed by atoms with Crippen LogP contribution in [0.2, 0.25) is 0 Å².